The number of aliphatic hydroxyl groups excluding tert-OH is 1. The Morgan fingerprint density at radius 3 is 3.11 bits per heavy atom. The van der Waals surface area contributed by atoms with Gasteiger partial charge in [-0.05, 0) is 11.4 Å². The highest BCUT2D eigenvalue weighted by Crippen LogP contribution is 2.25. The first-order chi connectivity index (χ1) is 9.20. The van der Waals surface area contributed by atoms with Crippen LogP contribution in [0.3, 0.4) is 0 Å². The van der Waals surface area contributed by atoms with Crippen LogP contribution in [0.2, 0.25) is 0 Å². The Morgan fingerprint density at radius 1 is 1.58 bits per heavy atom. The molecule has 2 aromatic heterocycles. The highest BCUT2D eigenvalue weighted by molar-refractivity contribution is 7.14. The Hall–Kier alpha value is -1.28. The predicted octanol–water partition coefficient (Wildman–Crippen LogP) is 1.61. The molecule has 1 amide bonds. The standard InChI is InChI=1S/C12H14N2O3S2/c1-17-5-9(15)4-13-11(16)10-7-19-12(14-10)8-2-3-18-6-8/h2-3,6-7,9,15H,4-5H2,1H3,(H,13,16)/t9-/m0/s1. The summed E-state index contributed by atoms with van der Waals surface area (Å²) in [6.45, 7) is 0.343. The number of aromatic nitrogens is 1. The molecule has 1 atom stereocenters. The summed E-state index contributed by atoms with van der Waals surface area (Å²) < 4.78 is 4.78. The van der Waals surface area contributed by atoms with E-state index in [1.54, 1.807) is 16.7 Å². The Kier molecular flexibility index (Phi) is 5.03. The van der Waals surface area contributed by atoms with E-state index >= 15 is 0 Å². The summed E-state index contributed by atoms with van der Waals surface area (Å²) in [6, 6.07) is 1.97. The minimum absolute atomic E-state index is 0.151. The van der Waals surface area contributed by atoms with Gasteiger partial charge in [-0.2, -0.15) is 11.3 Å². The molecule has 0 saturated heterocycles. The summed E-state index contributed by atoms with van der Waals surface area (Å²) in [5.74, 6) is -0.284. The molecule has 19 heavy (non-hydrogen) atoms. The number of rotatable bonds is 6. The van der Waals surface area contributed by atoms with Crippen LogP contribution in [-0.4, -0.2) is 42.4 Å². The zero-order valence-electron chi connectivity index (χ0n) is 10.3. The minimum atomic E-state index is -0.705. The number of carbonyl (C=O) groups is 1. The lowest BCUT2D eigenvalue weighted by atomic mass is 10.3. The molecule has 0 fully saturated rings. The third-order valence-electron chi connectivity index (χ3n) is 2.36. The summed E-state index contributed by atoms with van der Waals surface area (Å²) >= 11 is 3.02. The first-order valence-corrected chi connectivity index (χ1v) is 7.46. The van der Waals surface area contributed by atoms with Gasteiger partial charge in [-0.1, -0.05) is 0 Å². The molecule has 5 nitrogen and oxygen atoms in total. The molecular weight excluding hydrogens is 284 g/mol. The molecule has 0 aliphatic rings. The van der Waals surface area contributed by atoms with E-state index < -0.39 is 6.10 Å². The average molecular weight is 298 g/mol. The Morgan fingerprint density at radius 2 is 2.42 bits per heavy atom. The monoisotopic (exact) mass is 298 g/mol. The van der Waals surface area contributed by atoms with Gasteiger partial charge in [-0.25, -0.2) is 4.98 Å². The van der Waals surface area contributed by atoms with Crippen molar-refractivity contribution in [2.24, 2.45) is 0 Å². The van der Waals surface area contributed by atoms with E-state index in [1.807, 2.05) is 16.8 Å². The second-order valence-electron chi connectivity index (χ2n) is 3.87. The van der Waals surface area contributed by atoms with Gasteiger partial charge in [0.05, 0.1) is 12.7 Å². The highest BCUT2D eigenvalue weighted by atomic mass is 32.1. The summed E-state index contributed by atoms with van der Waals surface area (Å²) in [7, 11) is 1.50. The van der Waals surface area contributed by atoms with Crippen LogP contribution in [0.25, 0.3) is 10.6 Å². The number of carbonyl (C=O) groups excluding carboxylic acids is 1. The molecule has 0 aromatic carbocycles. The number of thiazole rings is 1. The number of hydrogen-bond donors (Lipinski definition) is 2. The van der Waals surface area contributed by atoms with Crippen LogP contribution in [0.4, 0.5) is 0 Å². The zero-order valence-corrected chi connectivity index (χ0v) is 12.0. The Bertz CT molecular complexity index is 525. The van der Waals surface area contributed by atoms with Gasteiger partial charge in [0.15, 0.2) is 0 Å². The van der Waals surface area contributed by atoms with Crippen molar-refractivity contribution < 1.29 is 14.6 Å². The van der Waals surface area contributed by atoms with Gasteiger partial charge in [-0.15, -0.1) is 11.3 Å². The summed E-state index contributed by atoms with van der Waals surface area (Å²) in [5.41, 5.74) is 1.39. The molecule has 0 aliphatic heterocycles. The van der Waals surface area contributed by atoms with Crippen molar-refractivity contribution in [1.29, 1.82) is 0 Å². The van der Waals surface area contributed by atoms with E-state index in [9.17, 15) is 9.90 Å². The smallest absolute Gasteiger partial charge is 0.270 e. The molecule has 7 heteroatoms. The molecular formula is C12H14N2O3S2. The lowest BCUT2D eigenvalue weighted by Crippen LogP contribution is -2.34. The number of nitrogens with zero attached hydrogens (tertiary/aromatic N) is 1. The van der Waals surface area contributed by atoms with Gasteiger partial charge in [0.1, 0.15) is 10.7 Å². The van der Waals surface area contributed by atoms with Crippen molar-refractivity contribution in [3.8, 4) is 10.6 Å². The molecule has 0 radical (unpaired) electrons. The number of aliphatic hydroxyl groups is 1. The predicted molar refractivity (Wildman–Crippen MR) is 75.6 cm³/mol. The Balaban J connectivity index is 1.93. The van der Waals surface area contributed by atoms with Crippen LogP contribution in [0.1, 0.15) is 10.5 Å². The van der Waals surface area contributed by atoms with Crippen molar-refractivity contribution >= 4 is 28.6 Å². The largest absolute Gasteiger partial charge is 0.389 e. The molecule has 102 valence electrons. The quantitative estimate of drug-likeness (QED) is 0.850. The maximum atomic E-state index is 11.8. The number of hydrogen-bond acceptors (Lipinski definition) is 6. The lowest BCUT2D eigenvalue weighted by molar-refractivity contribution is 0.0609. The maximum absolute atomic E-state index is 11.8. The van der Waals surface area contributed by atoms with Crippen molar-refractivity contribution in [2.45, 2.75) is 6.10 Å². The van der Waals surface area contributed by atoms with Crippen molar-refractivity contribution in [2.75, 3.05) is 20.3 Å². The Labute approximate surface area is 118 Å². The molecule has 0 unspecified atom stereocenters. The lowest BCUT2D eigenvalue weighted by Gasteiger charge is -2.09. The second-order valence-corrected chi connectivity index (χ2v) is 5.51. The number of amides is 1. The van der Waals surface area contributed by atoms with Gasteiger partial charge in [0.2, 0.25) is 0 Å². The summed E-state index contributed by atoms with van der Waals surface area (Å²) in [5, 5.41) is 18.6. The van der Waals surface area contributed by atoms with E-state index in [0.717, 1.165) is 10.6 Å². The van der Waals surface area contributed by atoms with Crippen molar-refractivity contribution in [1.82, 2.24) is 10.3 Å². The first kappa shape index (κ1) is 14.1. The number of methoxy groups -OCH3 is 1. The number of ether oxygens (including phenoxy) is 1. The van der Waals surface area contributed by atoms with E-state index in [0.29, 0.717) is 5.69 Å². The molecule has 0 aliphatic carbocycles. The van der Waals surface area contributed by atoms with E-state index in [-0.39, 0.29) is 19.1 Å². The molecule has 2 N–H and O–H groups in total. The highest BCUT2D eigenvalue weighted by Gasteiger charge is 2.13. The molecule has 2 rings (SSSR count). The van der Waals surface area contributed by atoms with E-state index in [1.165, 1.54) is 18.4 Å². The van der Waals surface area contributed by atoms with E-state index in [4.69, 9.17) is 4.74 Å². The molecule has 2 aromatic rings. The van der Waals surface area contributed by atoms with Gasteiger partial charge >= 0.3 is 0 Å². The van der Waals surface area contributed by atoms with E-state index in [2.05, 4.69) is 10.3 Å². The summed E-state index contributed by atoms with van der Waals surface area (Å²) in [4.78, 5) is 16.1. The van der Waals surface area contributed by atoms with Crippen LogP contribution in [0.5, 0.6) is 0 Å². The van der Waals surface area contributed by atoms with Gasteiger partial charge < -0.3 is 15.2 Å². The van der Waals surface area contributed by atoms with Gasteiger partial charge in [-0.3, -0.25) is 4.79 Å². The molecule has 0 saturated carbocycles. The SMILES string of the molecule is COC[C@@H](O)CNC(=O)c1csc(-c2ccsc2)n1. The molecule has 2 heterocycles. The zero-order chi connectivity index (χ0) is 13.7. The number of nitrogens with one attached hydrogen (secondary N) is 1. The van der Waals surface area contributed by atoms with Crippen LogP contribution in [0.15, 0.2) is 22.2 Å². The number of thiophene rings is 1. The fourth-order valence-electron chi connectivity index (χ4n) is 1.45. The first-order valence-electron chi connectivity index (χ1n) is 5.64. The molecule has 0 spiro atoms. The van der Waals surface area contributed by atoms with Crippen LogP contribution in [-0.2, 0) is 4.74 Å². The third kappa shape index (κ3) is 3.84. The molecule has 0 bridgehead atoms. The fourth-order valence-corrected chi connectivity index (χ4v) is 2.96. The minimum Gasteiger partial charge on any atom is -0.389 e. The van der Waals surface area contributed by atoms with Crippen molar-refractivity contribution in [3.63, 3.8) is 0 Å². The van der Waals surface area contributed by atoms with Gasteiger partial charge in [0, 0.05) is 30.0 Å². The average Bonchev–Trinajstić information content (AvgIpc) is 3.06. The third-order valence-corrected chi connectivity index (χ3v) is 3.94. The normalized spacial score (nSPS) is 12.3. The van der Waals surface area contributed by atoms with Crippen LogP contribution in [0, 0.1) is 0 Å². The van der Waals surface area contributed by atoms with Crippen molar-refractivity contribution in [3.05, 3.63) is 27.9 Å². The fraction of sp³-hybridized carbons (Fsp3) is 0.333. The topological polar surface area (TPSA) is 71.5 Å². The summed E-state index contributed by atoms with van der Waals surface area (Å²) in [6.07, 6.45) is -0.705. The van der Waals surface area contributed by atoms with Crippen LogP contribution >= 0.6 is 22.7 Å². The van der Waals surface area contributed by atoms with Gasteiger partial charge in [0.25, 0.3) is 5.91 Å². The second kappa shape index (κ2) is 6.76. The maximum Gasteiger partial charge on any atom is 0.270 e. The van der Waals surface area contributed by atoms with Crippen LogP contribution < -0.4 is 5.32 Å².